The fourth-order valence-corrected chi connectivity index (χ4v) is 5.02. The van der Waals surface area contributed by atoms with Crippen molar-refractivity contribution in [2.24, 2.45) is 0 Å². The lowest BCUT2D eigenvalue weighted by Gasteiger charge is -2.19. The van der Waals surface area contributed by atoms with Crippen molar-refractivity contribution in [2.75, 3.05) is 20.2 Å². The average Bonchev–Trinajstić information content (AvgIpc) is 3.28. The predicted molar refractivity (Wildman–Crippen MR) is 140 cm³/mol. The highest BCUT2D eigenvalue weighted by molar-refractivity contribution is 7.98. The van der Waals surface area contributed by atoms with Gasteiger partial charge in [-0.15, -0.1) is 0 Å². The molecule has 5 rings (SSSR count). The zero-order valence-corrected chi connectivity index (χ0v) is 20.3. The third-order valence-electron chi connectivity index (χ3n) is 6.02. The number of hydrogen-bond acceptors (Lipinski definition) is 5. The molecule has 3 aromatic carbocycles. The lowest BCUT2D eigenvalue weighted by molar-refractivity contribution is 0.232. The Bertz CT molecular complexity index is 1380. The number of imidazole rings is 1. The van der Waals surface area contributed by atoms with Gasteiger partial charge in [-0.25, -0.2) is 4.98 Å². The molecule has 6 heteroatoms. The second kappa shape index (κ2) is 10.3. The summed E-state index contributed by atoms with van der Waals surface area (Å²) in [6.07, 6.45) is 1.83. The number of hydrogen-bond donors (Lipinski definition) is 1. The quantitative estimate of drug-likeness (QED) is 0.260. The number of nitrogens with zero attached hydrogens (tertiary/aromatic N) is 3. The summed E-state index contributed by atoms with van der Waals surface area (Å²) in [5.41, 5.74) is 5.49. The molecule has 0 aliphatic rings. The molecular formula is C28H28N4OS. The predicted octanol–water partition coefficient (Wildman–Crippen LogP) is 6.22. The Hall–Kier alpha value is -3.35. The molecule has 0 radical (unpaired) electrons. The van der Waals surface area contributed by atoms with Crippen LogP contribution in [0.15, 0.2) is 84.1 Å². The smallest absolute Gasteiger partial charge is 0.166 e. The fourth-order valence-electron chi connectivity index (χ4n) is 4.11. The van der Waals surface area contributed by atoms with Crippen LogP contribution in [0.5, 0.6) is 5.75 Å². The maximum atomic E-state index is 6.16. The molecule has 0 fully saturated rings. The Labute approximate surface area is 204 Å². The van der Waals surface area contributed by atoms with Crippen molar-refractivity contribution < 1.29 is 4.74 Å². The third kappa shape index (κ3) is 5.08. The SMILES string of the molecule is Cc1c(OCCN(C)Cc2cccc3ccccc23)ccnc1CSc1nc2ccccc2[nH]1. The zero-order valence-electron chi connectivity index (χ0n) is 19.5. The van der Waals surface area contributed by atoms with E-state index in [1.807, 2.05) is 36.5 Å². The maximum absolute atomic E-state index is 6.16. The summed E-state index contributed by atoms with van der Waals surface area (Å²) >= 11 is 1.66. The summed E-state index contributed by atoms with van der Waals surface area (Å²) in [5, 5.41) is 3.50. The monoisotopic (exact) mass is 468 g/mol. The fraction of sp³-hybridized carbons (Fsp3) is 0.214. The maximum Gasteiger partial charge on any atom is 0.166 e. The molecule has 1 N–H and O–H groups in total. The first-order chi connectivity index (χ1) is 16.7. The molecule has 5 nitrogen and oxygen atoms in total. The summed E-state index contributed by atoms with van der Waals surface area (Å²) in [5.74, 6) is 1.64. The minimum atomic E-state index is 0.627. The number of H-pyrrole nitrogens is 1. The van der Waals surface area contributed by atoms with E-state index in [0.717, 1.165) is 52.0 Å². The summed E-state index contributed by atoms with van der Waals surface area (Å²) in [7, 11) is 2.14. The summed E-state index contributed by atoms with van der Waals surface area (Å²) < 4.78 is 6.16. The molecule has 0 unspecified atom stereocenters. The second-order valence-electron chi connectivity index (χ2n) is 8.45. The van der Waals surface area contributed by atoms with E-state index in [9.17, 15) is 0 Å². The lowest BCUT2D eigenvalue weighted by Crippen LogP contribution is -2.24. The third-order valence-corrected chi connectivity index (χ3v) is 6.91. The van der Waals surface area contributed by atoms with E-state index in [4.69, 9.17) is 4.74 Å². The standard InChI is InChI=1S/C28H28N4OS/c1-20-26(19-34-28-30-24-12-5-6-13-25(24)31-28)29-15-14-27(20)33-17-16-32(2)18-22-10-7-9-21-8-3-4-11-23(21)22/h3-15H,16-19H2,1-2H3,(H,30,31). The first kappa shape index (κ1) is 22.4. The normalized spacial score (nSPS) is 11.5. The van der Waals surface area contributed by atoms with Gasteiger partial charge in [-0.2, -0.15) is 0 Å². The van der Waals surface area contributed by atoms with E-state index < -0.39 is 0 Å². The zero-order chi connectivity index (χ0) is 23.3. The van der Waals surface area contributed by atoms with Crippen LogP contribution < -0.4 is 4.74 Å². The Morgan fingerprint density at radius 2 is 1.79 bits per heavy atom. The minimum Gasteiger partial charge on any atom is -0.492 e. The van der Waals surface area contributed by atoms with Crippen LogP contribution in [0.4, 0.5) is 0 Å². The van der Waals surface area contributed by atoms with E-state index in [2.05, 4.69) is 76.3 Å². The molecule has 0 atom stereocenters. The Kier molecular flexibility index (Phi) is 6.79. The summed E-state index contributed by atoms with van der Waals surface area (Å²) in [4.78, 5) is 14.9. The number of benzene rings is 3. The van der Waals surface area contributed by atoms with Gasteiger partial charge in [0.05, 0.1) is 16.7 Å². The highest BCUT2D eigenvalue weighted by Crippen LogP contribution is 2.27. The molecule has 0 spiro atoms. The van der Waals surface area contributed by atoms with Gasteiger partial charge in [0, 0.05) is 30.6 Å². The summed E-state index contributed by atoms with van der Waals surface area (Å²) in [6.45, 7) is 4.44. The molecular weight excluding hydrogens is 440 g/mol. The molecule has 0 bridgehead atoms. The minimum absolute atomic E-state index is 0.627. The number of fused-ring (bicyclic) bond motifs is 2. The van der Waals surface area contributed by atoms with Gasteiger partial charge in [-0.3, -0.25) is 9.88 Å². The number of aromatic nitrogens is 3. The van der Waals surface area contributed by atoms with E-state index in [1.165, 1.54) is 16.3 Å². The number of pyridine rings is 1. The number of para-hydroxylation sites is 2. The molecule has 172 valence electrons. The highest BCUT2D eigenvalue weighted by atomic mass is 32.2. The Balaban J connectivity index is 1.17. The summed E-state index contributed by atoms with van der Waals surface area (Å²) in [6, 6.07) is 25.1. The molecule has 0 amide bonds. The number of nitrogens with one attached hydrogen (secondary N) is 1. The molecule has 34 heavy (non-hydrogen) atoms. The van der Waals surface area contributed by atoms with Gasteiger partial charge in [-0.05, 0) is 48.5 Å². The Morgan fingerprint density at radius 3 is 2.71 bits per heavy atom. The van der Waals surface area contributed by atoms with Crippen molar-refractivity contribution in [3.63, 3.8) is 0 Å². The average molecular weight is 469 g/mol. The number of thioether (sulfide) groups is 1. The van der Waals surface area contributed by atoms with Crippen LogP contribution in [-0.2, 0) is 12.3 Å². The van der Waals surface area contributed by atoms with Gasteiger partial charge in [0.15, 0.2) is 5.16 Å². The van der Waals surface area contributed by atoms with Gasteiger partial charge in [0.1, 0.15) is 12.4 Å². The van der Waals surface area contributed by atoms with Crippen LogP contribution in [0, 0.1) is 6.92 Å². The van der Waals surface area contributed by atoms with Gasteiger partial charge in [0.25, 0.3) is 0 Å². The first-order valence-electron chi connectivity index (χ1n) is 11.5. The number of likely N-dealkylation sites (N-methyl/N-ethyl adjacent to an activating group) is 1. The molecule has 0 aliphatic carbocycles. The van der Waals surface area contributed by atoms with E-state index in [1.54, 1.807) is 11.8 Å². The molecule has 2 heterocycles. The van der Waals surface area contributed by atoms with E-state index in [0.29, 0.717) is 6.61 Å². The topological polar surface area (TPSA) is 54.0 Å². The van der Waals surface area contributed by atoms with Crippen molar-refractivity contribution in [3.05, 3.63) is 95.8 Å². The number of aromatic amines is 1. The largest absolute Gasteiger partial charge is 0.492 e. The van der Waals surface area contributed by atoms with Crippen LogP contribution in [-0.4, -0.2) is 40.1 Å². The van der Waals surface area contributed by atoms with Crippen LogP contribution in [0.1, 0.15) is 16.8 Å². The van der Waals surface area contributed by atoms with Crippen molar-refractivity contribution in [1.82, 2.24) is 19.9 Å². The van der Waals surface area contributed by atoms with E-state index in [-0.39, 0.29) is 0 Å². The van der Waals surface area contributed by atoms with Gasteiger partial charge >= 0.3 is 0 Å². The van der Waals surface area contributed by atoms with Crippen LogP contribution in [0.25, 0.3) is 21.8 Å². The molecule has 5 aromatic rings. The van der Waals surface area contributed by atoms with Gasteiger partial charge < -0.3 is 9.72 Å². The molecule has 0 saturated heterocycles. The van der Waals surface area contributed by atoms with Crippen molar-refractivity contribution in [2.45, 2.75) is 24.4 Å². The second-order valence-corrected chi connectivity index (χ2v) is 9.42. The van der Waals surface area contributed by atoms with Crippen molar-refractivity contribution in [1.29, 1.82) is 0 Å². The molecule has 0 aliphatic heterocycles. The number of rotatable bonds is 9. The highest BCUT2D eigenvalue weighted by Gasteiger charge is 2.10. The first-order valence-corrected chi connectivity index (χ1v) is 12.5. The van der Waals surface area contributed by atoms with Crippen LogP contribution in [0.2, 0.25) is 0 Å². The Morgan fingerprint density at radius 1 is 0.971 bits per heavy atom. The van der Waals surface area contributed by atoms with E-state index >= 15 is 0 Å². The van der Waals surface area contributed by atoms with Gasteiger partial charge in [0.2, 0.25) is 0 Å². The van der Waals surface area contributed by atoms with Gasteiger partial charge in [-0.1, -0.05) is 66.4 Å². The molecule has 0 saturated carbocycles. The van der Waals surface area contributed by atoms with Crippen molar-refractivity contribution in [3.8, 4) is 5.75 Å². The lowest BCUT2D eigenvalue weighted by atomic mass is 10.0. The molecule has 2 aromatic heterocycles. The van der Waals surface area contributed by atoms with Crippen molar-refractivity contribution >= 4 is 33.6 Å². The van der Waals surface area contributed by atoms with Crippen LogP contribution >= 0.6 is 11.8 Å². The van der Waals surface area contributed by atoms with Crippen LogP contribution in [0.3, 0.4) is 0 Å². The number of ether oxygens (including phenoxy) is 1.